The number of rotatable bonds is 9. The minimum absolute atomic E-state index is 0.103. The SMILES string of the molecule is CC(OC(=O)C12CC3CC(CC(C3)C1)C2)C(F)(F)S(=O)(=O)OCCC1(c2ccccc2)OCCO1. The van der Waals surface area contributed by atoms with Crippen molar-refractivity contribution in [3.8, 4) is 0 Å². The summed E-state index contributed by atoms with van der Waals surface area (Å²) >= 11 is 0. The van der Waals surface area contributed by atoms with Crippen LogP contribution in [0.25, 0.3) is 0 Å². The molecule has 1 aliphatic heterocycles. The Hall–Kier alpha value is -1.62. The molecule has 5 fully saturated rings. The topological polar surface area (TPSA) is 88.1 Å². The van der Waals surface area contributed by atoms with Gasteiger partial charge in [-0.3, -0.25) is 8.98 Å². The summed E-state index contributed by atoms with van der Waals surface area (Å²) in [6, 6.07) is 8.85. The van der Waals surface area contributed by atoms with Gasteiger partial charge < -0.3 is 14.2 Å². The Morgan fingerprint density at radius 2 is 1.60 bits per heavy atom. The summed E-state index contributed by atoms with van der Waals surface area (Å²) in [5.41, 5.74) is -0.119. The highest BCUT2D eigenvalue weighted by atomic mass is 32.2. The Morgan fingerprint density at radius 1 is 1.06 bits per heavy atom. The van der Waals surface area contributed by atoms with Crippen molar-refractivity contribution in [3.05, 3.63) is 35.9 Å². The molecule has 1 unspecified atom stereocenters. The van der Waals surface area contributed by atoms with Gasteiger partial charge in [0.15, 0.2) is 11.9 Å². The lowest BCUT2D eigenvalue weighted by Crippen LogP contribution is -2.52. The van der Waals surface area contributed by atoms with Gasteiger partial charge in [-0.25, -0.2) is 0 Å². The monoisotopic (exact) mass is 514 g/mol. The smallest absolute Gasteiger partial charge is 0.405 e. The van der Waals surface area contributed by atoms with Crippen LogP contribution in [0.15, 0.2) is 30.3 Å². The molecule has 4 bridgehead atoms. The maximum atomic E-state index is 15.0. The summed E-state index contributed by atoms with van der Waals surface area (Å²) in [6.07, 6.45) is 2.89. The molecule has 7 nitrogen and oxygen atoms in total. The van der Waals surface area contributed by atoms with Crippen molar-refractivity contribution in [1.29, 1.82) is 0 Å². The maximum Gasteiger partial charge on any atom is 0.405 e. The summed E-state index contributed by atoms with van der Waals surface area (Å²) in [5.74, 6) is -0.687. The molecular weight excluding hydrogens is 482 g/mol. The summed E-state index contributed by atoms with van der Waals surface area (Å²) in [6.45, 7) is 0.903. The molecule has 10 heteroatoms. The third kappa shape index (κ3) is 4.51. The fourth-order valence-corrected chi connectivity index (χ4v) is 7.80. The minimum Gasteiger partial charge on any atom is -0.454 e. The van der Waals surface area contributed by atoms with Crippen molar-refractivity contribution in [2.75, 3.05) is 19.8 Å². The second-order valence-corrected chi connectivity index (χ2v) is 12.3. The zero-order valence-corrected chi connectivity index (χ0v) is 20.6. The average Bonchev–Trinajstić information content (AvgIpc) is 3.28. The van der Waals surface area contributed by atoms with Crippen LogP contribution in [-0.4, -0.2) is 45.6 Å². The Balaban J connectivity index is 1.22. The maximum absolute atomic E-state index is 15.0. The van der Waals surface area contributed by atoms with E-state index in [4.69, 9.17) is 18.4 Å². The van der Waals surface area contributed by atoms with Crippen molar-refractivity contribution in [3.63, 3.8) is 0 Å². The molecule has 6 rings (SSSR count). The van der Waals surface area contributed by atoms with Gasteiger partial charge in [0.05, 0.1) is 25.2 Å². The van der Waals surface area contributed by atoms with Crippen molar-refractivity contribution in [2.45, 2.75) is 69.0 Å². The number of ether oxygens (including phenoxy) is 3. The molecule has 5 aliphatic rings. The standard InChI is InChI=1S/C25H32F2O7S/c1-17(34-22(28)23-14-18-11-19(15-23)13-20(12-18)16-23)25(26,27)35(29,30)33-8-7-24(31-9-10-32-24)21-5-3-2-4-6-21/h2-6,17-20H,7-16H2,1H3. The Kier molecular flexibility index (Phi) is 6.47. The lowest BCUT2D eigenvalue weighted by Gasteiger charge is -2.55. The molecule has 1 aromatic carbocycles. The molecule has 194 valence electrons. The number of halogens is 2. The average molecular weight is 515 g/mol. The largest absolute Gasteiger partial charge is 0.454 e. The number of carbonyl (C=O) groups excluding carboxylic acids is 1. The highest BCUT2D eigenvalue weighted by Crippen LogP contribution is 2.60. The third-order valence-electron chi connectivity index (χ3n) is 8.20. The van der Waals surface area contributed by atoms with Gasteiger partial charge >= 0.3 is 21.3 Å². The Labute approximate surface area is 204 Å². The fourth-order valence-electron chi connectivity index (χ4n) is 6.88. The zero-order valence-electron chi connectivity index (χ0n) is 19.8. The van der Waals surface area contributed by atoms with E-state index in [0.29, 0.717) is 42.6 Å². The number of benzene rings is 1. The molecule has 0 aromatic heterocycles. The normalized spacial score (nSPS) is 32.5. The number of esters is 1. The lowest BCUT2D eigenvalue weighted by atomic mass is 9.49. The Morgan fingerprint density at radius 3 is 2.14 bits per heavy atom. The van der Waals surface area contributed by atoms with Crippen LogP contribution in [0.1, 0.15) is 57.4 Å². The Bertz CT molecular complexity index is 1000. The lowest BCUT2D eigenvalue weighted by molar-refractivity contribution is -0.186. The number of hydrogen-bond donors (Lipinski definition) is 0. The van der Waals surface area contributed by atoms with Crippen molar-refractivity contribution < 1.29 is 40.4 Å². The second-order valence-electron chi connectivity index (χ2n) is 10.6. The summed E-state index contributed by atoms with van der Waals surface area (Å²) in [5, 5.41) is -4.40. The number of carbonyl (C=O) groups is 1. The van der Waals surface area contributed by atoms with E-state index in [0.717, 1.165) is 26.2 Å². The van der Waals surface area contributed by atoms with Crippen LogP contribution in [0.2, 0.25) is 0 Å². The van der Waals surface area contributed by atoms with E-state index in [1.807, 2.05) is 0 Å². The van der Waals surface area contributed by atoms with Crippen LogP contribution in [-0.2, 0) is 39.1 Å². The molecule has 0 amide bonds. The van der Waals surface area contributed by atoms with Gasteiger partial charge in [-0.2, -0.15) is 17.2 Å². The molecule has 0 radical (unpaired) electrons. The van der Waals surface area contributed by atoms with Crippen LogP contribution in [0.4, 0.5) is 8.78 Å². The first-order chi connectivity index (χ1) is 16.6. The first kappa shape index (κ1) is 25.0. The number of alkyl halides is 2. The van der Waals surface area contributed by atoms with E-state index in [1.54, 1.807) is 30.3 Å². The van der Waals surface area contributed by atoms with E-state index in [1.165, 1.54) is 0 Å². The third-order valence-corrected chi connectivity index (χ3v) is 9.67. The number of hydrogen-bond acceptors (Lipinski definition) is 7. The van der Waals surface area contributed by atoms with Crippen molar-refractivity contribution in [1.82, 2.24) is 0 Å². The van der Waals surface area contributed by atoms with Gasteiger partial charge in [0.1, 0.15) is 0 Å². The fraction of sp³-hybridized carbons (Fsp3) is 0.720. The van der Waals surface area contributed by atoms with Gasteiger partial charge in [0.25, 0.3) is 0 Å². The summed E-state index contributed by atoms with van der Waals surface area (Å²) < 4.78 is 76.2. The molecule has 1 atom stereocenters. The van der Waals surface area contributed by atoms with E-state index in [2.05, 4.69) is 0 Å². The van der Waals surface area contributed by atoms with Gasteiger partial charge in [-0.05, 0) is 63.2 Å². The highest BCUT2D eigenvalue weighted by Gasteiger charge is 2.59. The molecule has 4 aliphatic carbocycles. The van der Waals surface area contributed by atoms with Gasteiger partial charge in [-0.1, -0.05) is 30.3 Å². The second kappa shape index (κ2) is 9.04. The van der Waals surface area contributed by atoms with Gasteiger partial charge in [-0.15, -0.1) is 0 Å². The molecule has 1 heterocycles. The van der Waals surface area contributed by atoms with Gasteiger partial charge in [0, 0.05) is 12.0 Å². The van der Waals surface area contributed by atoms with Gasteiger partial charge in [0.2, 0.25) is 0 Å². The molecular formula is C25H32F2O7S. The molecule has 4 saturated carbocycles. The van der Waals surface area contributed by atoms with Crippen LogP contribution in [0.5, 0.6) is 0 Å². The predicted octanol–water partition coefficient (Wildman–Crippen LogP) is 4.36. The molecule has 0 spiro atoms. The van der Waals surface area contributed by atoms with E-state index < -0.39 is 45.3 Å². The van der Waals surface area contributed by atoms with Crippen molar-refractivity contribution in [2.24, 2.45) is 23.2 Å². The van der Waals surface area contributed by atoms with E-state index in [-0.39, 0.29) is 19.6 Å². The first-order valence-electron chi connectivity index (χ1n) is 12.4. The molecule has 1 aromatic rings. The van der Waals surface area contributed by atoms with E-state index >= 15 is 0 Å². The first-order valence-corrected chi connectivity index (χ1v) is 13.8. The van der Waals surface area contributed by atoms with E-state index in [9.17, 15) is 22.0 Å². The van der Waals surface area contributed by atoms with Crippen LogP contribution in [0.3, 0.4) is 0 Å². The molecule has 1 saturated heterocycles. The summed E-state index contributed by atoms with van der Waals surface area (Å²) in [4.78, 5) is 13.0. The van der Waals surface area contributed by atoms with Crippen molar-refractivity contribution >= 4 is 16.1 Å². The molecule has 35 heavy (non-hydrogen) atoms. The molecule has 0 N–H and O–H groups in total. The predicted molar refractivity (Wildman–Crippen MR) is 121 cm³/mol. The zero-order chi connectivity index (χ0) is 24.9. The summed E-state index contributed by atoms with van der Waals surface area (Å²) in [7, 11) is -5.38. The highest BCUT2D eigenvalue weighted by molar-refractivity contribution is 7.87. The minimum atomic E-state index is -5.38. The quantitative estimate of drug-likeness (QED) is 0.357. The van der Waals surface area contributed by atoms with Crippen LogP contribution >= 0.6 is 0 Å². The van der Waals surface area contributed by atoms with Crippen LogP contribution in [0, 0.1) is 23.2 Å². The van der Waals surface area contributed by atoms with Crippen LogP contribution < -0.4 is 0 Å².